The molecule has 0 saturated heterocycles. The van der Waals surface area contributed by atoms with Crippen molar-refractivity contribution in [1.82, 2.24) is 10.0 Å². The minimum absolute atomic E-state index is 0.0354. The number of carbonyl (C=O) groups is 1. The second-order valence-corrected chi connectivity index (χ2v) is 5.24. The molecule has 1 unspecified atom stereocenters. The third-order valence-electron chi connectivity index (χ3n) is 2.14. The lowest BCUT2D eigenvalue weighted by molar-refractivity contribution is -0.121. The predicted molar refractivity (Wildman–Crippen MR) is 64.7 cm³/mol. The summed E-state index contributed by atoms with van der Waals surface area (Å²) in [6.07, 6.45) is 0. The maximum atomic E-state index is 11.9. The Balaban J connectivity index is 2.93. The van der Waals surface area contributed by atoms with Crippen LogP contribution >= 0.6 is 0 Å². The fraction of sp³-hybridized carbons (Fsp3) is 0.300. The number of nitrogen functional groups attached to an aromatic ring is 1. The van der Waals surface area contributed by atoms with Crippen LogP contribution in [0.5, 0.6) is 0 Å². The molecule has 0 saturated carbocycles. The van der Waals surface area contributed by atoms with E-state index >= 15 is 0 Å². The molecule has 7 heteroatoms. The van der Waals surface area contributed by atoms with Gasteiger partial charge in [0.05, 0.1) is 10.9 Å². The Bertz CT molecular complexity index is 513. The van der Waals surface area contributed by atoms with Gasteiger partial charge in [-0.1, -0.05) is 6.07 Å². The van der Waals surface area contributed by atoms with E-state index in [0.29, 0.717) is 5.69 Å². The molecule has 1 aromatic rings. The molecule has 0 aromatic heterocycles. The lowest BCUT2D eigenvalue weighted by atomic mass is 10.3. The summed E-state index contributed by atoms with van der Waals surface area (Å²) in [6, 6.07) is 5.02. The van der Waals surface area contributed by atoms with Crippen LogP contribution < -0.4 is 15.8 Å². The maximum absolute atomic E-state index is 11.9. The number of anilines is 1. The van der Waals surface area contributed by atoms with Crippen LogP contribution in [0.2, 0.25) is 0 Å². The molecule has 4 N–H and O–H groups in total. The van der Waals surface area contributed by atoms with Crippen molar-refractivity contribution in [3.8, 4) is 0 Å². The summed E-state index contributed by atoms with van der Waals surface area (Å²) in [5.41, 5.74) is 5.85. The number of amides is 1. The molecular formula is C10H15N3O3S. The first-order valence-electron chi connectivity index (χ1n) is 4.96. The van der Waals surface area contributed by atoms with Crippen LogP contribution in [0.1, 0.15) is 6.92 Å². The zero-order valence-corrected chi connectivity index (χ0v) is 10.4. The van der Waals surface area contributed by atoms with E-state index in [-0.39, 0.29) is 4.90 Å². The largest absolute Gasteiger partial charge is 0.399 e. The topological polar surface area (TPSA) is 101 Å². The van der Waals surface area contributed by atoms with E-state index in [1.807, 2.05) is 0 Å². The highest BCUT2D eigenvalue weighted by atomic mass is 32.2. The standard InChI is InChI=1S/C10H15N3O3S/c1-7(10(14)12-2)13-17(15,16)9-5-3-4-8(11)6-9/h3-7,13H,11H2,1-2H3,(H,12,14). The first-order chi connectivity index (χ1) is 7.86. The molecule has 1 amide bonds. The van der Waals surface area contributed by atoms with E-state index in [4.69, 9.17) is 5.73 Å². The van der Waals surface area contributed by atoms with Crippen LogP contribution in [0, 0.1) is 0 Å². The van der Waals surface area contributed by atoms with Crippen LogP contribution in [0.4, 0.5) is 5.69 Å². The van der Waals surface area contributed by atoms with Crippen molar-refractivity contribution in [3.05, 3.63) is 24.3 Å². The SMILES string of the molecule is CNC(=O)C(C)NS(=O)(=O)c1cccc(N)c1. The van der Waals surface area contributed by atoms with Crippen molar-refractivity contribution in [2.45, 2.75) is 17.9 Å². The molecule has 1 rings (SSSR count). The lowest BCUT2D eigenvalue weighted by Crippen LogP contribution is -2.43. The van der Waals surface area contributed by atoms with Gasteiger partial charge in [-0.3, -0.25) is 4.79 Å². The normalized spacial score (nSPS) is 13.1. The van der Waals surface area contributed by atoms with E-state index in [9.17, 15) is 13.2 Å². The highest BCUT2D eigenvalue weighted by molar-refractivity contribution is 7.89. The second kappa shape index (κ2) is 5.15. The molecular weight excluding hydrogens is 242 g/mol. The summed E-state index contributed by atoms with van der Waals surface area (Å²) in [6.45, 7) is 1.46. The monoisotopic (exact) mass is 257 g/mol. The minimum Gasteiger partial charge on any atom is -0.399 e. The van der Waals surface area contributed by atoms with Gasteiger partial charge in [0.25, 0.3) is 0 Å². The molecule has 0 spiro atoms. The summed E-state index contributed by atoms with van der Waals surface area (Å²) in [4.78, 5) is 11.3. The average molecular weight is 257 g/mol. The van der Waals surface area contributed by atoms with E-state index in [1.165, 1.54) is 32.2 Å². The molecule has 0 bridgehead atoms. The average Bonchev–Trinajstić information content (AvgIpc) is 2.27. The number of benzene rings is 1. The zero-order chi connectivity index (χ0) is 13.1. The number of nitrogens with one attached hydrogen (secondary N) is 2. The van der Waals surface area contributed by atoms with Gasteiger partial charge >= 0.3 is 0 Å². The molecule has 0 aliphatic rings. The molecule has 1 atom stereocenters. The number of nitrogens with two attached hydrogens (primary N) is 1. The van der Waals surface area contributed by atoms with Crippen LogP contribution in [-0.4, -0.2) is 27.4 Å². The predicted octanol–water partition coefficient (Wildman–Crippen LogP) is -0.318. The molecule has 0 heterocycles. The van der Waals surface area contributed by atoms with Crippen LogP contribution in [0.15, 0.2) is 29.2 Å². The van der Waals surface area contributed by atoms with Crippen LogP contribution in [0.3, 0.4) is 0 Å². The number of rotatable bonds is 4. The maximum Gasteiger partial charge on any atom is 0.241 e. The van der Waals surface area contributed by atoms with Gasteiger partial charge in [0.15, 0.2) is 0 Å². The molecule has 1 aromatic carbocycles. The minimum atomic E-state index is -3.73. The number of hydrogen-bond acceptors (Lipinski definition) is 4. The Kier molecular flexibility index (Phi) is 4.08. The highest BCUT2D eigenvalue weighted by Crippen LogP contribution is 2.12. The number of carbonyl (C=O) groups excluding carboxylic acids is 1. The fourth-order valence-corrected chi connectivity index (χ4v) is 2.51. The van der Waals surface area contributed by atoms with E-state index in [0.717, 1.165) is 0 Å². The van der Waals surface area contributed by atoms with E-state index in [2.05, 4.69) is 10.0 Å². The molecule has 17 heavy (non-hydrogen) atoms. The quantitative estimate of drug-likeness (QED) is 0.643. The lowest BCUT2D eigenvalue weighted by Gasteiger charge is -2.12. The third-order valence-corrected chi connectivity index (χ3v) is 3.68. The van der Waals surface area contributed by atoms with E-state index < -0.39 is 22.0 Å². The fourth-order valence-electron chi connectivity index (χ4n) is 1.25. The van der Waals surface area contributed by atoms with Crippen LogP contribution in [0.25, 0.3) is 0 Å². The number of hydrogen-bond donors (Lipinski definition) is 3. The Morgan fingerprint density at radius 1 is 1.41 bits per heavy atom. The van der Waals surface area contributed by atoms with Gasteiger partial charge in [0.1, 0.15) is 0 Å². The van der Waals surface area contributed by atoms with E-state index in [1.54, 1.807) is 6.07 Å². The van der Waals surface area contributed by atoms with Gasteiger partial charge in [-0.05, 0) is 25.1 Å². The van der Waals surface area contributed by atoms with Gasteiger partial charge in [-0.2, -0.15) is 4.72 Å². The van der Waals surface area contributed by atoms with Gasteiger partial charge in [0.2, 0.25) is 15.9 Å². The summed E-state index contributed by atoms with van der Waals surface area (Å²) in [5.74, 6) is -0.405. The van der Waals surface area contributed by atoms with Crippen molar-refractivity contribution in [3.63, 3.8) is 0 Å². The Morgan fingerprint density at radius 3 is 2.59 bits per heavy atom. The molecule has 94 valence electrons. The summed E-state index contributed by atoms with van der Waals surface area (Å²) in [7, 11) is -2.29. The molecule has 0 radical (unpaired) electrons. The molecule has 0 fully saturated rings. The first-order valence-corrected chi connectivity index (χ1v) is 6.44. The number of likely N-dealkylation sites (N-methyl/N-ethyl adjacent to an activating group) is 1. The van der Waals surface area contributed by atoms with Crippen molar-refractivity contribution in [1.29, 1.82) is 0 Å². The van der Waals surface area contributed by atoms with Gasteiger partial charge < -0.3 is 11.1 Å². The molecule has 0 aliphatic heterocycles. The molecule has 6 nitrogen and oxygen atoms in total. The van der Waals surface area contributed by atoms with Crippen molar-refractivity contribution in [2.75, 3.05) is 12.8 Å². The molecule has 0 aliphatic carbocycles. The summed E-state index contributed by atoms with van der Waals surface area (Å²) < 4.78 is 26.0. The van der Waals surface area contributed by atoms with Crippen molar-refractivity contribution < 1.29 is 13.2 Å². The van der Waals surface area contributed by atoms with Gasteiger partial charge in [-0.15, -0.1) is 0 Å². The van der Waals surface area contributed by atoms with Crippen molar-refractivity contribution >= 4 is 21.6 Å². The van der Waals surface area contributed by atoms with Crippen LogP contribution in [-0.2, 0) is 14.8 Å². The number of sulfonamides is 1. The Hall–Kier alpha value is -1.60. The van der Waals surface area contributed by atoms with Gasteiger partial charge in [-0.25, -0.2) is 8.42 Å². The Labute approximate surface area is 100 Å². The summed E-state index contributed by atoms with van der Waals surface area (Å²) in [5, 5.41) is 2.36. The first kappa shape index (κ1) is 13.5. The Morgan fingerprint density at radius 2 is 2.06 bits per heavy atom. The zero-order valence-electron chi connectivity index (χ0n) is 9.60. The van der Waals surface area contributed by atoms with Crippen molar-refractivity contribution in [2.24, 2.45) is 0 Å². The smallest absolute Gasteiger partial charge is 0.241 e. The van der Waals surface area contributed by atoms with Gasteiger partial charge in [0, 0.05) is 12.7 Å². The third kappa shape index (κ3) is 3.43. The second-order valence-electron chi connectivity index (χ2n) is 3.53. The summed E-state index contributed by atoms with van der Waals surface area (Å²) >= 11 is 0. The highest BCUT2D eigenvalue weighted by Gasteiger charge is 2.21.